The van der Waals surface area contributed by atoms with Crippen LogP contribution < -0.4 is 10.1 Å². The Bertz CT molecular complexity index is 398. The van der Waals surface area contributed by atoms with Crippen molar-refractivity contribution in [1.82, 2.24) is 10.2 Å². The monoisotopic (exact) mass is 220 g/mol. The Morgan fingerprint density at radius 3 is 2.50 bits per heavy atom. The lowest BCUT2D eigenvalue weighted by molar-refractivity contribution is -0.125. The molecule has 0 aliphatic carbocycles. The minimum absolute atomic E-state index is 0.0923. The lowest BCUT2D eigenvalue weighted by Gasteiger charge is -2.12. The van der Waals surface area contributed by atoms with E-state index >= 15 is 0 Å². The predicted molar refractivity (Wildman–Crippen MR) is 56.9 cm³/mol. The summed E-state index contributed by atoms with van der Waals surface area (Å²) in [5.41, 5.74) is 0.895. The maximum Gasteiger partial charge on any atom is 0.324 e. The van der Waals surface area contributed by atoms with Crippen LogP contribution in [-0.4, -0.2) is 30.5 Å². The van der Waals surface area contributed by atoms with Crippen molar-refractivity contribution in [1.29, 1.82) is 0 Å². The van der Waals surface area contributed by atoms with Crippen LogP contribution in [0, 0.1) is 0 Å². The van der Waals surface area contributed by atoms with Crippen molar-refractivity contribution in [2.24, 2.45) is 0 Å². The highest BCUT2D eigenvalue weighted by atomic mass is 16.5. The largest absolute Gasteiger partial charge is 0.497 e. The average molecular weight is 220 g/mol. The molecular weight excluding hydrogens is 208 g/mol. The predicted octanol–water partition coefficient (Wildman–Crippen LogP) is 0.747. The molecular formula is C11H12N2O3. The summed E-state index contributed by atoms with van der Waals surface area (Å²) < 4.78 is 5.02. The number of hydrogen-bond donors (Lipinski definition) is 1. The van der Waals surface area contributed by atoms with Crippen LogP contribution in [0.4, 0.5) is 4.79 Å². The molecule has 1 fully saturated rings. The number of carbonyl (C=O) groups excluding carboxylic acids is 2. The lowest BCUT2D eigenvalue weighted by atomic mass is 10.2. The van der Waals surface area contributed by atoms with E-state index in [2.05, 4.69) is 5.32 Å². The Balaban J connectivity index is 2.08. The van der Waals surface area contributed by atoms with E-state index in [9.17, 15) is 9.59 Å². The number of carbonyl (C=O) groups is 2. The van der Waals surface area contributed by atoms with Crippen molar-refractivity contribution in [2.75, 3.05) is 13.7 Å². The Kier molecular flexibility index (Phi) is 2.76. The number of amides is 3. The van der Waals surface area contributed by atoms with E-state index in [1.54, 1.807) is 19.2 Å². The minimum Gasteiger partial charge on any atom is -0.497 e. The highest BCUT2D eigenvalue weighted by Gasteiger charge is 2.28. The zero-order chi connectivity index (χ0) is 11.5. The quantitative estimate of drug-likeness (QED) is 0.764. The first kappa shape index (κ1) is 10.5. The van der Waals surface area contributed by atoms with Gasteiger partial charge < -0.3 is 10.1 Å². The molecule has 0 atom stereocenters. The number of rotatable bonds is 3. The Labute approximate surface area is 93.0 Å². The van der Waals surface area contributed by atoms with Crippen LogP contribution in [0.1, 0.15) is 5.56 Å². The van der Waals surface area contributed by atoms with Gasteiger partial charge in [-0.3, -0.25) is 9.69 Å². The molecule has 0 bridgehead atoms. The van der Waals surface area contributed by atoms with Gasteiger partial charge in [-0.2, -0.15) is 0 Å². The van der Waals surface area contributed by atoms with Gasteiger partial charge in [-0.15, -0.1) is 0 Å². The summed E-state index contributed by atoms with van der Waals surface area (Å²) in [7, 11) is 1.59. The second kappa shape index (κ2) is 4.22. The van der Waals surface area contributed by atoms with Gasteiger partial charge in [-0.25, -0.2) is 4.79 Å². The van der Waals surface area contributed by atoms with Gasteiger partial charge >= 0.3 is 6.03 Å². The Hall–Kier alpha value is -2.04. The van der Waals surface area contributed by atoms with Gasteiger partial charge in [-0.1, -0.05) is 12.1 Å². The minimum atomic E-state index is -0.333. The van der Waals surface area contributed by atoms with Gasteiger partial charge in [0.25, 0.3) is 0 Å². The van der Waals surface area contributed by atoms with Crippen LogP contribution in [0.2, 0.25) is 0 Å². The third-order valence-corrected chi connectivity index (χ3v) is 2.44. The summed E-state index contributed by atoms with van der Waals surface area (Å²) in [5.74, 6) is 0.557. The Morgan fingerprint density at radius 2 is 2.00 bits per heavy atom. The fourth-order valence-corrected chi connectivity index (χ4v) is 1.53. The molecule has 3 amide bonds. The number of methoxy groups -OCH3 is 1. The van der Waals surface area contributed by atoms with E-state index in [4.69, 9.17) is 4.74 Å². The normalized spacial score (nSPS) is 15.2. The van der Waals surface area contributed by atoms with Crippen molar-refractivity contribution >= 4 is 11.9 Å². The van der Waals surface area contributed by atoms with Gasteiger partial charge in [0.2, 0.25) is 5.91 Å². The molecule has 1 saturated heterocycles. The first-order chi connectivity index (χ1) is 7.70. The average Bonchev–Trinajstić information content (AvgIpc) is 2.62. The fourth-order valence-electron chi connectivity index (χ4n) is 1.53. The van der Waals surface area contributed by atoms with Crippen LogP contribution in [0.3, 0.4) is 0 Å². The van der Waals surface area contributed by atoms with Crippen molar-refractivity contribution in [3.63, 3.8) is 0 Å². The van der Waals surface area contributed by atoms with Gasteiger partial charge in [0.15, 0.2) is 0 Å². The van der Waals surface area contributed by atoms with E-state index in [1.165, 1.54) is 4.90 Å². The van der Waals surface area contributed by atoms with Gasteiger partial charge in [0.05, 0.1) is 20.2 Å². The number of nitrogens with one attached hydrogen (secondary N) is 1. The van der Waals surface area contributed by atoms with Crippen LogP contribution in [0.15, 0.2) is 24.3 Å². The number of ether oxygens (including phenoxy) is 1. The topological polar surface area (TPSA) is 58.6 Å². The van der Waals surface area contributed by atoms with Crippen molar-refractivity contribution in [3.8, 4) is 5.75 Å². The molecule has 1 aliphatic heterocycles. The van der Waals surface area contributed by atoms with Crippen LogP contribution in [-0.2, 0) is 11.3 Å². The smallest absolute Gasteiger partial charge is 0.324 e. The number of benzene rings is 1. The third kappa shape index (κ3) is 1.98. The molecule has 0 saturated carbocycles. The van der Waals surface area contributed by atoms with Crippen molar-refractivity contribution in [2.45, 2.75) is 6.54 Å². The summed E-state index contributed by atoms with van der Waals surface area (Å²) in [6, 6.07) is 6.93. The van der Waals surface area contributed by atoms with Gasteiger partial charge in [0, 0.05) is 0 Å². The second-order valence-corrected chi connectivity index (χ2v) is 3.49. The summed E-state index contributed by atoms with van der Waals surface area (Å²) in [6.45, 7) is 0.393. The number of urea groups is 1. The SMILES string of the molecule is COc1ccc(CN2C(=O)CNC2=O)cc1. The summed E-state index contributed by atoms with van der Waals surface area (Å²) >= 11 is 0. The number of hydrogen-bond acceptors (Lipinski definition) is 3. The summed E-state index contributed by atoms with van der Waals surface area (Å²) in [6.07, 6.45) is 0. The van der Waals surface area contributed by atoms with E-state index < -0.39 is 0 Å². The molecule has 0 radical (unpaired) electrons. The van der Waals surface area contributed by atoms with Crippen LogP contribution in [0.5, 0.6) is 5.75 Å². The zero-order valence-corrected chi connectivity index (χ0v) is 8.90. The maximum absolute atomic E-state index is 11.3. The first-order valence-electron chi connectivity index (χ1n) is 4.92. The van der Waals surface area contributed by atoms with E-state index in [0.29, 0.717) is 6.54 Å². The number of nitrogens with zero attached hydrogens (tertiary/aromatic N) is 1. The highest BCUT2D eigenvalue weighted by molar-refractivity contribution is 6.01. The molecule has 1 aliphatic rings. The first-order valence-corrected chi connectivity index (χ1v) is 4.92. The maximum atomic E-state index is 11.3. The molecule has 2 rings (SSSR count). The second-order valence-electron chi connectivity index (χ2n) is 3.49. The van der Waals surface area contributed by atoms with Gasteiger partial charge in [-0.05, 0) is 17.7 Å². The van der Waals surface area contributed by atoms with E-state index in [1.807, 2.05) is 12.1 Å². The molecule has 16 heavy (non-hydrogen) atoms. The molecule has 1 heterocycles. The molecule has 1 N–H and O–H groups in total. The van der Waals surface area contributed by atoms with Crippen LogP contribution in [0.25, 0.3) is 0 Å². The molecule has 5 nitrogen and oxygen atoms in total. The molecule has 0 unspecified atom stereocenters. The molecule has 0 spiro atoms. The molecule has 5 heteroatoms. The van der Waals surface area contributed by atoms with Crippen molar-refractivity contribution in [3.05, 3.63) is 29.8 Å². The molecule has 84 valence electrons. The van der Waals surface area contributed by atoms with E-state index in [-0.39, 0.29) is 18.5 Å². The van der Waals surface area contributed by atoms with Gasteiger partial charge in [0.1, 0.15) is 5.75 Å². The Morgan fingerprint density at radius 1 is 1.31 bits per heavy atom. The molecule has 1 aromatic rings. The van der Waals surface area contributed by atoms with E-state index in [0.717, 1.165) is 11.3 Å². The summed E-state index contributed by atoms with van der Waals surface area (Å²) in [4.78, 5) is 23.8. The number of imide groups is 1. The fraction of sp³-hybridized carbons (Fsp3) is 0.273. The van der Waals surface area contributed by atoms with Crippen molar-refractivity contribution < 1.29 is 14.3 Å². The third-order valence-electron chi connectivity index (χ3n) is 2.44. The summed E-state index contributed by atoms with van der Waals surface area (Å²) in [5, 5.41) is 2.47. The molecule has 1 aromatic carbocycles. The molecule has 0 aromatic heterocycles. The standard InChI is InChI=1S/C11H12N2O3/c1-16-9-4-2-8(3-5-9)7-13-10(14)6-12-11(13)15/h2-5H,6-7H2,1H3,(H,12,15). The van der Waals surface area contributed by atoms with Crippen LogP contribution >= 0.6 is 0 Å². The lowest BCUT2D eigenvalue weighted by Crippen LogP contribution is -2.30. The zero-order valence-electron chi connectivity index (χ0n) is 8.90. The highest BCUT2D eigenvalue weighted by Crippen LogP contribution is 2.14.